The van der Waals surface area contributed by atoms with Gasteiger partial charge in [-0.05, 0) is 43.9 Å². The monoisotopic (exact) mass is 259 g/mol. The molecule has 0 aromatic heterocycles. The lowest BCUT2D eigenvalue weighted by atomic mass is 10.3. The lowest BCUT2D eigenvalue weighted by molar-refractivity contribution is 0.556. The van der Waals surface area contributed by atoms with Crippen LogP contribution in [0.5, 0.6) is 0 Å². The van der Waals surface area contributed by atoms with E-state index >= 15 is 0 Å². The van der Waals surface area contributed by atoms with Crippen LogP contribution in [-0.2, 0) is 10.0 Å². The van der Waals surface area contributed by atoms with Crippen LogP contribution >= 0.6 is 11.8 Å². The fourth-order valence-corrected chi connectivity index (χ4v) is 2.91. The van der Waals surface area contributed by atoms with Gasteiger partial charge in [0.25, 0.3) is 0 Å². The van der Waals surface area contributed by atoms with Crippen molar-refractivity contribution in [1.82, 2.24) is 4.72 Å². The van der Waals surface area contributed by atoms with Gasteiger partial charge in [0.2, 0.25) is 10.0 Å². The van der Waals surface area contributed by atoms with Crippen LogP contribution in [0.4, 0.5) is 0 Å². The highest BCUT2D eigenvalue weighted by atomic mass is 32.2. The number of benzene rings is 1. The lowest BCUT2D eigenvalue weighted by Crippen LogP contribution is -2.31. The predicted octanol–water partition coefficient (Wildman–Crippen LogP) is 2.49. The predicted molar refractivity (Wildman–Crippen MR) is 68.3 cm³/mol. The van der Waals surface area contributed by atoms with Gasteiger partial charge in [-0.2, -0.15) is 0 Å². The average Bonchev–Trinajstić information content (AvgIpc) is 2.28. The number of thioether (sulfide) groups is 1. The molecule has 0 fully saturated rings. The molecule has 3 nitrogen and oxygen atoms in total. The Balaban J connectivity index is 2.90. The SMILES string of the molecule is CC[C@H](C)NS(=O)(=O)c1ccc(SC)cc1. The van der Waals surface area contributed by atoms with Crippen molar-refractivity contribution >= 4 is 21.8 Å². The van der Waals surface area contributed by atoms with Crippen LogP contribution in [0.15, 0.2) is 34.1 Å². The van der Waals surface area contributed by atoms with Crippen molar-refractivity contribution in [1.29, 1.82) is 0 Å². The van der Waals surface area contributed by atoms with Crippen LogP contribution in [0.25, 0.3) is 0 Å². The maximum absolute atomic E-state index is 11.9. The fourth-order valence-electron chi connectivity index (χ4n) is 1.17. The average molecular weight is 259 g/mol. The third kappa shape index (κ3) is 3.50. The second-order valence-electron chi connectivity index (χ2n) is 3.61. The van der Waals surface area contributed by atoms with E-state index in [1.165, 1.54) is 0 Å². The Hall–Kier alpha value is -0.520. The van der Waals surface area contributed by atoms with E-state index in [1.54, 1.807) is 23.9 Å². The molecule has 0 unspecified atom stereocenters. The van der Waals surface area contributed by atoms with E-state index < -0.39 is 10.0 Å². The largest absolute Gasteiger partial charge is 0.240 e. The Kier molecular flexibility index (Phi) is 4.83. The van der Waals surface area contributed by atoms with E-state index in [4.69, 9.17) is 0 Å². The molecule has 0 radical (unpaired) electrons. The summed E-state index contributed by atoms with van der Waals surface area (Å²) in [5.41, 5.74) is 0. The highest BCUT2D eigenvalue weighted by Crippen LogP contribution is 2.17. The van der Waals surface area contributed by atoms with E-state index in [1.807, 2.05) is 32.2 Å². The number of sulfonamides is 1. The molecule has 1 N–H and O–H groups in total. The fraction of sp³-hybridized carbons (Fsp3) is 0.455. The van der Waals surface area contributed by atoms with Crippen LogP contribution in [0.2, 0.25) is 0 Å². The topological polar surface area (TPSA) is 46.2 Å². The molecule has 0 amide bonds. The molecule has 0 saturated heterocycles. The molecule has 0 heterocycles. The number of nitrogens with one attached hydrogen (secondary N) is 1. The Bertz CT molecular complexity index is 426. The summed E-state index contributed by atoms with van der Waals surface area (Å²) < 4.78 is 26.4. The van der Waals surface area contributed by atoms with Crippen molar-refractivity contribution in [3.8, 4) is 0 Å². The van der Waals surface area contributed by atoms with Crippen LogP contribution in [0, 0.1) is 0 Å². The molecule has 0 aliphatic rings. The van der Waals surface area contributed by atoms with Crippen LogP contribution in [0.1, 0.15) is 20.3 Å². The summed E-state index contributed by atoms with van der Waals surface area (Å²) in [6.45, 7) is 3.80. The second-order valence-corrected chi connectivity index (χ2v) is 6.20. The third-order valence-electron chi connectivity index (χ3n) is 2.34. The highest BCUT2D eigenvalue weighted by molar-refractivity contribution is 7.98. The van der Waals surface area contributed by atoms with Gasteiger partial charge in [-0.15, -0.1) is 11.8 Å². The lowest BCUT2D eigenvalue weighted by Gasteiger charge is -2.12. The summed E-state index contributed by atoms with van der Waals surface area (Å²) in [6, 6.07) is 6.86. The first-order valence-corrected chi connectivity index (χ1v) is 7.86. The van der Waals surface area contributed by atoms with Gasteiger partial charge in [0, 0.05) is 10.9 Å². The molecule has 90 valence electrons. The normalized spacial score (nSPS) is 13.7. The molecule has 0 aliphatic heterocycles. The number of hydrogen-bond acceptors (Lipinski definition) is 3. The molecule has 1 rings (SSSR count). The van der Waals surface area contributed by atoms with Gasteiger partial charge in [0.15, 0.2) is 0 Å². The second kappa shape index (κ2) is 5.70. The first-order chi connectivity index (χ1) is 7.49. The van der Waals surface area contributed by atoms with E-state index in [-0.39, 0.29) is 6.04 Å². The maximum atomic E-state index is 11.9. The summed E-state index contributed by atoms with van der Waals surface area (Å²) in [7, 11) is -3.36. The number of rotatable bonds is 5. The molecule has 0 saturated carbocycles. The van der Waals surface area contributed by atoms with Crippen molar-refractivity contribution in [3.63, 3.8) is 0 Å². The molecule has 1 aromatic rings. The molecule has 1 atom stereocenters. The minimum absolute atomic E-state index is 0.0368. The smallest absolute Gasteiger partial charge is 0.208 e. The maximum Gasteiger partial charge on any atom is 0.240 e. The van der Waals surface area contributed by atoms with Gasteiger partial charge in [0.1, 0.15) is 0 Å². The minimum Gasteiger partial charge on any atom is -0.208 e. The van der Waals surface area contributed by atoms with Crippen LogP contribution < -0.4 is 4.72 Å². The zero-order valence-electron chi connectivity index (χ0n) is 9.73. The van der Waals surface area contributed by atoms with Crippen molar-refractivity contribution in [3.05, 3.63) is 24.3 Å². The van der Waals surface area contributed by atoms with Gasteiger partial charge >= 0.3 is 0 Å². The quantitative estimate of drug-likeness (QED) is 0.826. The Morgan fingerprint density at radius 1 is 1.31 bits per heavy atom. The molecular formula is C11H17NO2S2. The number of hydrogen-bond donors (Lipinski definition) is 1. The summed E-state index contributed by atoms with van der Waals surface area (Å²) >= 11 is 1.59. The summed E-state index contributed by atoms with van der Waals surface area (Å²) in [5, 5.41) is 0. The van der Waals surface area contributed by atoms with Gasteiger partial charge in [-0.25, -0.2) is 13.1 Å². The molecule has 16 heavy (non-hydrogen) atoms. The first-order valence-electron chi connectivity index (χ1n) is 5.16. The zero-order chi connectivity index (χ0) is 12.2. The Morgan fingerprint density at radius 2 is 1.88 bits per heavy atom. The summed E-state index contributed by atoms with van der Waals surface area (Å²) in [6.07, 6.45) is 2.74. The van der Waals surface area contributed by atoms with Crippen molar-refractivity contribution < 1.29 is 8.42 Å². The van der Waals surface area contributed by atoms with E-state index in [0.717, 1.165) is 11.3 Å². The molecular weight excluding hydrogens is 242 g/mol. The summed E-state index contributed by atoms with van der Waals surface area (Å²) in [4.78, 5) is 1.38. The minimum atomic E-state index is -3.36. The van der Waals surface area contributed by atoms with Crippen molar-refractivity contribution in [2.45, 2.75) is 36.1 Å². The van der Waals surface area contributed by atoms with Gasteiger partial charge in [-0.1, -0.05) is 6.92 Å². The molecule has 1 aromatic carbocycles. The van der Waals surface area contributed by atoms with Crippen LogP contribution in [-0.4, -0.2) is 20.7 Å². The van der Waals surface area contributed by atoms with Gasteiger partial charge in [0.05, 0.1) is 4.90 Å². The zero-order valence-corrected chi connectivity index (χ0v) is 11.4. The van der Waals surface area contributed by atoms with Crippen LogP contribution in [0.3, 0.4) is 0 Å². The molecule has 0 spiro atoms. The highest BCUT2D eigenvalue weighted by Gasteiger charge is 2.15. The molecule has 0 bridgehead atoms. The third-order valence-corrected chi connectivity index (χ3v) is 4.69. The van der Waals surface area contributed by atoms with Gasteiger partial charge < -0.3 is 0 Å². The summed E-state index contributed by atoms with van der Waals surface area (Å²) in [5.74, 6) is 0. The first kappa shape index (κ1) is 13.5. The Morgan fingerprint density at radius 3 is 2.31 bits per heavy atom. The van der Waals surface area contributed by atoms with Crippen molar-refractivity contribution in [2.75, 3.05) is 6.26 Å². The standard InChI is InChI=1S/C11H17NO2S2/c1-4-9(2)12-16(13,14)11-7-5-10(15-3)6-8-11/h5-9,12H,4H2,1-3H3/t9-/m0/s1. The van der Waals surface area contributed by atoms with E-state index in [2.05, 4.69) is 4.72 Å². The molecule has 0 aliphatic carbocycles. The Labute approximate surface area is 102 Å². The van der Waals surface area contributed by atoms with Gasteiger partial charge in [-0.3, -0.25) is 0 Å². The molecule has 5 heteroatoms. The van der Waals surface area contributed by atoms with E-state index in [9.17, 15) is 8.42 Å². The van der Waals surface area contributed by atoms with Crippen molar-refractivity contribution in [2.24, 2.45) is 0 Å². The van der Waals surface area contributed by atoms with E-state index in [0.29, 0.717) is 4.90 Å².